The summed E-state index contributed by atoms with van der Waals surface area (Å²) in [5.74, 6) is 1.68. The molecule has 0 saturated carbocycles. The van der Waals surface area contributed by atoms with Crippen LogP contribution in [0.2, 0.25) is 0 Å². The van der Waals surface area contributed by atoms with Crippen LogP contribution < -0.4 is 24.8 Å². The van der Waals surface area contributed by atoms with Crippen LogP contribution in [0.1, 0.15) is 25.7 Å². The molecule has 0 aliphatic carbocycles. The Balaban J connectivity index is 1.25. The first-order chi connectivity index (χ1) is 18.4. The maximum Gasteiger partial charge on any atom is 0.224 e. The number of ether oxygens (including phenoxy) is 3. The minimum absolute atomic E-state index is 0.140. The van der Waals surface area contributed by atoms with E-state index in [1.807, 2.05) is 6.07 Å². The van der Waals surface area contributed by atoms with Gasteiger partial charge in [0.05, 0.1) is 19.7 Å². The van der Waals surface area contributed by atoms with Crippen molar-refractivity contribution >= 4 is 34.1 Å². The standard InChI is InChI=1S/C29H28FN3O5/c1-36-26-17-23-24(18-27(26)37-2)31-16-15-25(23)38-22-13-11-21(12-14-22)33-29(35)6-4-3-5-28(34)32-20-9-7-19(30)8-10-20/h7-18H,3-6H2,1-2H3,(H,32,34)(H,33,35). The summed E-state index contributed by atoms with van der Waals surface area (Å²) in [7, 11) is 3.14. The highest BCUT2D eigenvalue weighted by Gasteiger charge is 2.12. The number of pyridine rings is 1. The number of methoxy groups -OCH3 is 2. The van der Waals surface area contributed by atoms with Crippen LogP contribution in [0.3, 0.4) is 0 Å². The monoisotopic (exact) mass is 517 g/mol. The largest absolute Gasteiger partial charge is 0.493 e. The molecule has 0 radical (unpaired) electrons. The average Bonchev–Trinajstić information content (AvgIpc) is 2.93. The first-order valence-electron chi connectivity index (χ1n) is 12.1. The van der Waals surface area contributed by atoms with Crippen molar-refractivity contribution < 1.29 is 28.2 Å². The molecule has 2 N–H and O–H groups in total. The number of carbonyl (C=O) groups excluding carboxylic acids is 2. The summed E-state index contributed by atoms with van der Waals surface area (Å²) in [4.78, 5) is 28.7. The second-order valence-corrected chi connectivity index (χ2v) is 8.47. The Morgan fingerprint density at radius 1 is 0.763 bits per heavy atom. The third-order valence-electron chi connectivity index (χ3n) is 5.76. The number of amides is 2. The van der Waals surface area contributed by atoms with Crippen LogP contribution in [0.25, 0.3) is 10.9 Å². The van der Waals surface area contributed by atoms with Gasteiger partial charge in [0, 0.05) is 41.9 Å². The molecule has 1 heterocycles. The summed E-state index contributed by atoms with van der Waals surface area (Å²) in [5, 5.41) is 6.33. The van der Waals surface area contributed by atoms with Gasteiger partial charge in [-0.1, -0.05) is 0 Å². The fourth-order valence-corrected chi connectivity index (χ4v) is 3.82. The van der Waals surface area contributed by atoms with E-state index in [-0.39, 0.29) is 30.5 Å². The number of unbranched alkanes of at least 4 members (excludes halogenated alkanes) is 1. The fraction of sp³-hybridized carbons (Fsp3) is 0.207. The molecule has 0 unspecified atom stereocenters. The van der Waals surface area contributed by atoms with E-state index in [9.17, 15) is 14.0 Å². The van der Waals surface area contributed by atoms with Crippen molar-refractivity contribution in [3.8, 4) is 23.0 Å². The fourth-order valence-electron chi connectivity index (χ4n) is 3.82. The van der Waals surface area contributed by atoms with E-state index in [0.29, 0.717) is 52.7 Å². The maximum absolute atomic E-state index is 12.9. The molecule has 0 bridgehead atoms. The van der Waals surface area contributed by atoms with Gasteiger partial charge in [-0.3, -0.25) is 14.6 Å². The number of carbonyl (C=O) groups is 2. The Kier molecular flexibility index (Phi) is 8.71. The van der Waals surface area contributed by atoms with Gasteiger partial charge in [-0.05, 0) is 73.5 Å². The minimum Gasteiger partial charge on any atom is -0.493 e. The van der Waals surface area contributed by atoms with Crippen LogP contribution in [-0.4, -0.2) is 31.0 Å². The molecular formula is C29H28FN3O5. The summed E-state index contributed by atoms with van der Waals surface area (Å²) < 4.78 is 29.8. The highest BCUT2D eigenvalue weighted by molar-refractivity contribution is 5.92. The molecule has 0 aliphatic rings. The lowest BCUT2D eigenvalue weighted by molar-refractivity contribution is -0.118. The number of rotatable bonds is 11. The van der Waals surface area contributed by atoms with Crippen LogP contribution in [-0.2, 0) is 9.59 Å². The van der Waals surface area contributed by atoms with Gasteiger partial charge in [-0.25, -0.2) is 4.39 Å². The topological polar surface area (TPSA) is 98.8 Å². The Bertz CT molecular complexity index is 1410. The van der Waals surface area contributed by atoms with E-state index >= 15 is 0 Å². The first-order valence-corrected chi connectivity index (χ1v) is 12.1. The lowest BCUT2D eigenvalue weighted by atomic mass is 10.1. The molecule has 0 atom stereocenters. The van der Waals surface area contributed by atoms with Gasteiger partial charge in [0.15, 0.2) is 11.5 Å². The summed E-state index contributed by atoms with van der Waals surface area (Å²) in [5.41, 5.74) is 1.89. The summed E-state index contributed by atoms with van der Waals surface area (Å²) in [6.45, 7) is 0. The number of fused-ring (bicyclic) bond motifs is 1. The van der Waals surface area contributed by atoms with Gasteiger partial charge in [-0.15, -0.1) is 0 Å². The number of anilines is 2. The van der Waals surface area contributed by atoms with E-state index in [1.54, 1.807) is 56.8 Å². The number of aromatic nitrogens is 1. The summed E-state index contributed by atoms with van der Waals surface area (Å²) in [6, 6.07) is 18.0. The predicted molar refractivity (Wildman–Crippen MR) is 143 cm³/mol. The number of benzene rings is 3. The minimum atomic E-state index is -0.360. The smallest absolute Gasteiger partial charge is 0.224 e. The maximum atomic E-state index is 12.9. The zero-order valence-corrected chi connectivity index (χ0v) is 21.1. The van der Waals surface area contributed by atoms with E-state index in [0.717, 1.165) is 5.39 Å². The molecule has 2 amide bonds. The molecule has 0 fully saturated rings. The quantitative estimate of drug-likeness (QED) is 0.226. The van der Waals surface area contributed by atoms with Gasteiger partial charge < -0.3 is 24.8 Å². The number of nitrogens with one attached hydrogen (secondary N) is 2. The molecule has 4 rings (SSSR count). The van der Waals surface area contributed by atoms with E-state index in [2.05, 4.69) is 15.6 Å². The second kappa shape index (κ2) is 12.5. The molecule has 9 heteroatoms. The van der Waals surface area contributed by atoms with Crippen molar-refractivity contribution in [2.24, 2.45) is 0 Å². The molecule has 1 aromatic heterocycles. The SMILES string of the molecule is COc1cc2nccc(Oc3ccc(NC(=O)CCCCC(=O)Nc4ccc(F)cc4)cc3)c2cc1OC. The van der Waals surface area contributed by atoms with Crippen LogP contribution in [0.5, 0.6) is 23.0 Å². The van der Waals surface area contributed by atoms with E-state index in [1.165, 1.54) is 24.3 Å². The molecule has 0 saturated heterocycles. The number of nitrogens with zero attached hydrogens (tertiary/aromatic N) is 1. The molecule has 8 nitrogen and oxygen atoms in total. The van der Waals surface area contributed by atoms with Crippen molar-refractivity contribution in [2.45, 2.75) is 25.7 Å². The molecule has 38 heavy (non-hydrogen) atoms. The Labute approximate surface area is 219 Å². The van der Waals surface area contributed by atoms with E-state index in [4.69, 9.17) is 14.2 Å². The van der Waals surface area contributed by atoms with Crippen molar-refractivity contribution in [3.63, 3.8) is 0 Å². The molecule has 0 spiro atoms. The molecule has 4 aromatic rings. The average molecular weight is 518 g/mol. The van der Waals surface area contributed by atoms with Crippen molar-refractivity contribution in [1.29, 1.82) is 0 Å². The van der Waals surface area contributed by atoms with E-state index < -0.39 is 0 Å². The van der Waals surface area contributed by atoms with Crippen LogP contribution in [0.15, 0.2) is 72.9 Å². The van der Waals surface area contributed by atoms with Crippen LogP contribution >= 0.6 is 0 Å². The highest BCUT2D eigenvalue weighted by atomic mass is 19.1. The lowest BCUT2D eigenvalue weighted by Crippen LogP contribution is -2.13. The molecule has 0 aliphatic heterocycles. The Hall–Kier alpha value is -4.66. The Morgan fingerprint density at radius 3 is 1.89 bits per heavy atom. The number of hydrogen-bond acceptors (Lipinski definition) is 6. The zero-order chi connectivity index (χ0) is 26.9. The highest BCUT2D eigenvalue weighted by Crippen LogP contribution is 2.37. The third kappa shape index (κ3) is 6.97. The van der Waals surface area contributed by atoms with Gasteiger partial charge >= 0.3 is 0 Å². The van der Waals surface area contributed by atoms with Gasteiger partial charge in [0.25, 0.3) is 0 Å². The predicted octanol–water partition coefficient (Wildman–Crippen LogP) is 6.32. The molecular weight excluding hydrogens is 489 g/mol. The van der Waals surface area contributed by atoms with Crippen molar-refractivity contribution in [2.75, 3.05) is 24.9 Å². The number of hydrogen-bond donors (Lipinski definition) is 2. The molecule has 3 aromatic carbocycles. The van der Waals surface area contributed by atoms with Crippen LogP contribution in [0.4, 0.5) is 15.8 Å². The van der Waals surface area contributed by atoms with Gasteiger partial charge in [0.1, 0.15) is 17.3 Å². The summed E-state index contributed by atoms with van der Waals surface area (Å²) in [6.07, 6.45) is 3.34. The van der Waals surface area contributed by atoms with Gasteiger partial charge in [-0.2, -0.15) is 0 Å². The van der Waals surface area contributed by atoms with Crippen LogP contribution in [0, 0.1) is 5.82 Å². The summed E-state index contributed by atoms with van der Waals surface area (Å²) >= 11 is 0. The Morgan fingerprint density at radius 2 is 1.32 bits per heavy atom. The normalized spacial score (nSPS) is 10.6. The van der Waals surface area contributed by atoms with Crippen molar-refractivity contribution in [3.05, 3.63) is 78.7 Å². The third-order valence-corrected chi connectivity index (χ3v) is 5.76. The number of halogens is 1. The molecule has 196 valence electrons. The first kappa shape index (κ1) is 26.4. The lowest BCUT2D eigenvalue weighted by Gasteiger charge is -2.12. The van der Waals surface area contributed by atoms with Crippen molar-refractivity contribution in [1.82, 2.24) is 4.98 Å². The zero-order valence-electron chi connectivity index (χ0n) is 21.1. The second-order valence-electron chi connectivity index (χ2n) is 8.47. The van der Waals surface area contributed by atoms with Gasteiger partial charge in [0.2, 0.25) is 11.8 Å².